The monoisotopic (exact) mass is 265 g/mol. The smallest absolute Gasteiger partial charge is 0.147 e. The third kappa shape index (κ3) is 2.66. The van der Waals surface area contributed by atoms with Crippen LogP contribution in [0.15, 0.2) is 30.7 Å². The van der Waals surface area contributed by atoms with Crippen molar-refractivity contribution in [3.05, 3.63) is 48.1 Å². The van der Waals surface area contributed by atoms with Gasteiger partial charge in [-0.3, -0.25) is 4.57 Å². The highest BCUT2D eigenvalue weighted by Gasteiger charge is 2.20. The van der Waals surface area contributed by atoms with Crippen LogP contribution in [0.4, 0.5) is 8.78 Å². The van der Waals surface area contributed by atoms with E-state index in [1.165, 1.54) is 6.33 Å². The summed E-state index contributed by atoms with van der Waals surface area (Å²) in [7, 11) is 0. The van der Waals surface area contributed by atoms with Gasteiger partial charge in [-0.05, 0) is 18.1 Å². The van der Waals surface area contributed by atoms with Crippen LogP contribution in [0, 0.1) is 17.6 Å². The van der Waals surface area contributed by atoms with Gasteiger partial charge in [0.2, 0.25) is 0 Å². The van der Waals surface area contributed by atoms with Crippen LogP contribution in [0.2, 0.25) is 0 Å². The molecule has 2 N–H and O–H groups in total. The Morgan fingerprint density at radius 3 is 2.68 bits per heavy atom. The molecule has 0 aliphatic rings. The molecule has 0 bridgehead atoms. The Bertz CT molecular complexity index is 564. The first-order chi connectivity index (χ1) is 9.04. The van der Waals surface area contributed by atoms with Gasteiger partial charge in [-0.2, -0.15) is 0 Å². The summed E-state index contributed by atoms with van der Waals surface area (Å²) in [5.41, 5.74) is 6.72. The van der Waals surface area contributed by atoms with Gasteiger partial charge in [0, 0.05) is 30.4 Å². The minimum absolute atomic E-state index is 0.0465. The van der Waals surface area contributed by atoms with Crippen molar-refractivity contribution >= 4 is 0 Å². The lowest BCUT2D eigenvalue weighted by molar-refractivity contribution is 0.487. The van der Waals surface area contributed by atoms with Gasteiger partial charge < -0.3 is 5.73 Å². The van der Waals surface area contributed by atoms with Crippen molar-refractivity contribution in [3.8, 4) is 5.69 Å². The SMILES string of the molecule is CC(C)C(CN)c1cncn1-c1cc(F)ccc1F. The summed E-state index contributed by atoms with van der Waals surface area (Å²) >= 11 is 0. The average molecular weight is 265 g/mol. The molecule has 0 saturated carbocycles. The zero-order chi connectivity index (χ0) is 14.0. The number of hydrogen-bond donors (Lipinski definition) is 1. The quantitative estimate of drug-likeness (QED) is 0.923. The van der Waals surface area contributed by atoms with Crippen LogP contribution in [-0.2, 0) is 0 Å². The number of halogens is 2. The van der Waals surface area contributed by atoms with E-state index in [9.17, 15) is 8.78 Å². The van der Waals surface area contributed by atoms with Crippen molar-refractivity contribution in [2.75, 3.05) is 6.54 Å². The zero-order valence-corrected chi connectivity index (χ0v) is 11.0. The molecule has 1 heterocycles. The van der Waals surface area contributed by atoms with Gasteiger partial charge in [-0.15, -0.1) is 0 Å². The molecule has 19 heavy (non-hydrogen) atoms. The third-order valence-corrected chi connectivity index (χ3v) is 3.27. The highest BCUT2D eigenvalue weighted by Crippen LogP contribution is 2.26. The van der Waals surface area contributed by atoms with E-state index in [0.29, 0.717) is 6.54 Å². The lowest BCUT2D eigenvalue weighted by atomic mass is 9.93. The lowest BCUT2D eigenvalue weighted by Gasteiger charge is -2.20. The molecule has 0 aliphatic carbocycles. The molecule has 1 unspecified atom stereocenters. The number of nitrogens with two attached hydrogens (primary N) is 1. The predicted molar refractivity (Wildman–Crippen MR) is 70.1 cm³/mol. The van der Waals surface area contributed by atoms with Crippen LogP contribution in [0.3, 0.4) is 0 Å². The molecule has 3 nitrogen and oxygen atoms in total. The standard InChI is InChI=1S/C14H17F2N3/c1-9(2)11(6-17)14-7-18-8-19(14)13-5-10(15)3-4-12(13)16/h3-5,7-9,11H,6,17H2,1-2H3. The second-order valence-corrected chi connectivity index (χ2v) is 4.87. The summed E-state index contributed by atoms with van der Waals surface area (Å²) in [5, 5.41) is 0. The molecule has 2 aromatic rings. The first kappa shape index (κ1) is 13.7. The largest absolute Gasteiger partial charge is 0.330 e. The predicted octanol–water partition coefficient (Wildman–Crippen LogP) is 2.85. The normalized spacial score (nSPS) is 12.9. The summed E-state index contributed by atoms with van der Waals surface area (Å²) in [4.78, 5) is 4.04. The van der Waals surface area contributed by atoms with Gasteiger partial charge in [-0.25, -0.2) is 13.8 Å². The maximum atomic E-state index is 13.8. The van der Waals surface area contributed by atoms with Gasteiger partial charge in [0.25, 0.3) is 0 Å². The van der Waals surface area contributed by atoms with E-state index in [2.05, 4.69) is 4.98 Å². The van der Waals surface area contributed by atoms with E-state index in [1.54, 1.807) is 10.8 Å². The second-order valence-electron chi connectivity index (χ2n) is 4.87. The van der Waals surface area contributed by atoms with Gasteiger partial charge in [0.15, 0.2) is 0 Å². The van der Waals surface area contributed by atoms with Crippen LogP contribution < -0.4 is 5.73 Å². The first-order valence-electron chi connectivity index (χ1n) is 6.22. The molecule has 0 aliphatic heterocycles. The maximum absolute atomic E-state index is 13.8. The number of hydrogen-bond acceptors (Lipinski definition) is 2. The van der Waals surface area contributed by atoms with Crippen molar-refractivity contribution in [1.82, 2.24) is 9.55 Å². The van der Waals surface area contributed by atoms with E-state index in [-0.39, 0.29) is 17.5 Å². The van der Waals surface area contributed by atoms with Crippen LogP contribution in [-0.4, -0.2) is 16.1 Å². The Hall–Kier alpha value is -1.75. The Kier molecular flexibility index (Phi) is 3.95. The zero-order valence-electron chi connectivity index (χ0n) is 11.0. The summed E-state index contributed by atoms with van der Waals surface area (Å²) in [6, 6.07) is 3.37. The Labute approximate surface area is 111 Å². The number of nitrogens with zero attached hydrogens (tertiary/aromatic N) is 2. The van der Waals surface area contributed by atoms with E-state index in [0.717, 1.165) is 23.9 Å². The second kappa shape index (κ2) is 5.48. The number of rotatable bonds is 4. The molecule has 1 aromatic heterocycles. The molecule has 0 amide bonds. The Balaban J connectivity index is 2.52. The summed E-state index contributed by atoms with van der Waals surface area (Å²) in [6.07, 6.45) is 3.14. The molecular formula is C14H17F2N3. The number of imidazole rings is 1. The molecule has 1 atom stereocenters. The van der Waals surface area contributed by atoms with Crippen molar-refractivity contribution in [2.45, 2.75) is 19.8 Å². The lowest BCUT2D eigenvalue weighted by Crippen LogP contribution is -2.20. The molecule has 0 saturated heterocycles. The average Bonchev–Trinajstić information content (AvgIpc) is 2.81. The Morgan fingerprint density at radius 1 is 1.32 bits per heavy atom. The number of aromatic nitrogens is 2. The highest BCUT2D eigenvalue weighted by molar-refractivity contribution is 5.36. The number of benzene rings is 1. The molecule has 0 spiro atoms. The van der Waals surface area contributed by atoms with Gasteiger partial charge in [0.1, 0.15) is 11.6 Å². The van der Waals surface area contributed by atoms with Crippen molar-refractivity contribution in [3.63, 3.8) is 0 Å². The van der Waals surface area contributed by atoms with Gasteiger partial charge in [0.05, 0.1) is 12.0 Å². The fraction of sp³-hybridized carbons (Fsp3) is 0.357. The molecule has 102 valence electrons. The van der Waals surface area contributed by atoms with Crippen LogP contribution in [0.25, 0.3) is 5.69 Å². The van der Waals surface area contributed by atoms with Crippen molar-refractivity contribution in [1.29, 1.82) is 0 Å². The molecule has 2 rings (SSSR count). The van der Waals surface area contributed by atoms with E-state index in [1.807, 2.05) is 13.8 Å². The highest BCUT2D eigenvalue weighted by atomic mass is 19.1. The minimum atomic E-state index is -0.486. The van der Waals surface area contributed by atoms with E-state index >= 15 is 0 Å². The van der Waals surface area contributed by atoms with Crippen LogP contribution in [0.1, 0.15) is 25.5 Å². The topological polar surface area (TPSA) is 43.8 Å². The fourth-order valence-corrected chi connectivity index (χ4v) is 2.19. The fourth-order valence-electron chi connectivity index (χ4n) is 2.19. The molecule has 0 radical (unpaired) electrons. The Morgan fingerprint density at radius 2 is 2.05 bits per heavy atom. The van der Waals surface area contributed by atoms with Gasteiger partial charge in [-0.1, -0.05) is 13.8 Å². The maximum Gasteiger partial charge on any atom is 0.147 e. The van der Waals surface area contributed by atoms with E-state index in [4.69, 9.17) is 5.73 Å². The van der Waals surface area contributed by atoms with Crippen LogP contribution >= 0.6 is 0 Å². The first-order valence-corrected chi connectivity index (χ1v) is 6.22. The third-order valence-electron chi connectivity index (χ3n) is 3.27. The van der Waals surface area contributed by atoms with Gasteiger partial charge >= 0.3 is 0 Å². The molecular weight excluding hydrogens is 248 g/mol. The molecule has 0 fully saturated rings. The van der Waals surface area contributed by atoms with Crippen LogP contribution in [0.5, 0.6) is 0 Å². The summed E-state index contributed by atoms with van der Waals surface area (Å²) < 4.78 is 28.7. The van der Waals surface area contributed by atoms with Crippen molar-refractivity contribution < 1.29 is 8.78 Å². The summed E-state index contributed by atoms with van der Waals surface area (Å²) in [5.74, 6) is -0.632. The molecule has 5 heteroatoms. The minimum Gasteiger partial charge on any atom is -0.330 e. The van der Waals surface area contributed by atoms with E-state index < -0.39 is 11.6 Å². The summed E-state index contributed by atoms with van der Waals surface area (Å²) in [6.45, 7) is 4.51. The molecule has 1 aromatic carbocycles. The van der Waals surface area contributed by atoms with Crippen molar-refractivity contribution in [2.24, 2.45) is 11.7 Å².